The zero-order chi connectivity index (χ0) is 20.3. The van der Waals surface area contributed by atoms with E-state index in [1.54, 1.807) is 12.1 Å². The second kappa shape index (κ2) is 8.14. The van der Waals surface area contributed by atoms with Crippen molar-refractivity contribution in [2.45, 2.75) is 38.0 Å². The monoisotopic (exact) mass is 401 g/mol. The van der Waals surface area contributed by atoms with Gasteiger partial charge in [0.05, 0.1) is 11.3 Å². The number of hydrogen-bond donors (Lipinski definition) is 1. The van der Waals surface area contributed by atoms with Crippen LogP contribution in [-0.4, -0.2) is 32.7 Å². The highest BCUT2D eigenvalue weighted by Crippen LogP contribution is 2.25. The van der Waals surface area contributed by atoms with E-state index in [9.17, 15) is 18.0 Å². The molecule has 0 saturated carbocycles. The first kappa shape index (κ1) is 20.1. The molecule has 0 bridgehead atoms. The Morgan fingerprint density at radius 3 is 2.61 bits per heavy atom. The summed E-state index contributed by atoms with van der Waals surface area (Å²) in [7, 11) is -3.21. The molecular weight excluding hydrogens is 378 g/mol. The van der Waals surface area contributed by atoms with Crippen molar-refractivity contribution in [3.8, 4) is 0 Å². The summed E-state index contributed by atoms with van der Waals surface area (Å²) >= 11 is 0. The van der Waals surface area contributed by atoms with Gasteiger partial charge < -0.3 is 10.1 Å². The molecule has 0 spiro atoms. The van der Waals surface area contributed by atoms with Gasteiger partial charge in [0, 0.05) is 11.9 Å². The number of aryl methyl sites for hydroxylation is 2. The Bertz CT molecular complexity index is 1010. The van der Waals surface area contributed by atoms with Gasteiger partial charge in [0.1, 0.15) is 0 Å². The Morgan fingerprint density at radius 1 is 1.11 bits per heavy atom. The number of rotatable bonds is 6. The number of fused-ring (bicyclic) bond motifs is 1. The summed E-state index contributed by atoms with van der Waals surface area (Å²) < 4.78 is 28.1. The Hall–Kier alpha value is -2.67. The van der Waals surface area contributed by atoms with Gasteiger partial charge >= 0.3 is 5.97 Å². The van der Waals surface area contributed by atoms with Gasteiger partial charge in [-0.15, -0.1) is 0 Å². The first-order valence-corrected chi connectivity index (χ1v) is 11.2. The van der Waals surface area contributed by atoms with Crippen molar-refractivity contribution in [3.63, 3.8) is 0 Å². The van der Waals surface area contributed by atoms with Gasteiger partial charge in [-0.1, -0.05) is 18.2 Å². The van der Waals surface area contributed by atoms with Crippen LogP contribution in [0.25, 0.3) is 0 Å². The average molecular weight is 401 g/mol. The van der Waals surface area contributed by atoms with Crippen LogP contribution in [0.4, 0.5) is 5.69 Å². The number of carbonyl (C=O) groups is 2. The normalized spacial score (nSPS) is 14.2. The highest BCUT2D eigenvalue weighted by molar-refractivity contribution is 7.89. The summed E-state index contributed by atoms with van der Waals surface area (Å²) in [6.45, 7) is 1.50. The lowest BCUT2D eigenvalue weighted by Crippen LogP contribution is -2.30. The van der Waals surface area contributed by atoms with E-state index in [1.165, 1.54) is 30.2 Å². The quantitative estimate of drug-likeness (QED) is 0.752. The van der Waals surface area contributed by atoms with Crippen LogP contribution < -0.4 is 5.32 Å². The standard InChI is InChI=1S/C21H23NO5S/c1-14(20(23)22-19-10-9-16-6-4-7-17(16)12-19)27-21(24)18-8-3-5-15(11-18)13-28(2,25)26/h3,5,8-12,14H,4,6-7,13H2,1-2H3,(H,22,23)/t14-/m1/s1. The lowest BCUT2D eigenvalue weighted by molar-refractivity contribution is -0.123. The molecule has 148 valence electrons. The molecule has 0 fully saturated rings. The minimum absolute atomic E-state index is 0.164. The van der Waals surface area contributed by atoms with Gasteiger partial charge in [0.25, 0.3) is 5.91 Å². The number of ether oxygens (including phenoxy) is 1. The molecule has 1 atom stereocenters. The van der Waals surface area contributed by atoms with Crippen LogP contribution in [0.2, 0.25) is 0 Å². The van der Waals surface area contributed by atoms with Crippen molar-refractivity contribution in [1.29, 1.82) is 0 Å². The van der Waals surface area contributed by atoms with E-state index in [2.05, 4.69) is 5.32 Å². The van der Waals surface area contributed by atoms with E-state index in [0.29, 0.717) is 11.3 Å². The molecule has 1 N–H and O–H groups in total. The number of benzene rings is 2. The molecule has 0 heterocycles. The zero-order valence-electron chi connectivity index (χ0n) is 15.9. The maximum Gasteiger partial charge on any atom is 0.338 e. The van der Waals surface area contributed by atoms with Crippen LogP contribution in [0.3, 0.4) is 0 Å². The molecule has 0 aliphatic heterocycles. The fourth-order valence-electron chi connectivity index (χ4n) is 3.27. The van der Waals surface area contributed by atoms with E-state index in [0.717, 1.165) is 25.5 Å². The maximum atomic E-state index is 12.4. The molecule has 28 heavy (non-hydrogen) atoms. The molecule has 2 aromatic carbocycles. The fraction of sp³-hybridized carbons (Fsp3) is 0.333. The van der Waals surface area contributed by atoms with Crippen LogP contribution in [0.5, 0.6) is 0 Å². The van der Waals surface area contributed by atoms with Crippen LogP contribution in [-0.2, 0) is 38.0 Å². The van der Waals surface area contributed by atoms with Gasteiger partial charge in [-0.05, 0) is 67.1 Å². The highest BCUT2D eigenvalue weighted by Gasteiger charge is 2.20. The summed E-state index contributed by atoms with van der Waals surface area (Å²) in [6, 6.07) is 12.0. The Labute approximate surface area is 164 Å². The van der Waals surface area contributed by atoms with Gasteiger partial charge in [-0.2, -0.15) is 0 Å². The SMILES string of the molecule is C[C@@H](OC(=O)c1cccc(CS(C)(=O)=O)c1)C(=O)Nc1ccc2c(c1)CCC2. The second-order valence-corrected chi connectivity index (χ2v) is 9.28. The number of hydrogen-bond acceptors (Lipinski definition) is 5. The summed E-state index contributed by atoms with van der Waals surface area (Å²) in [5.41, 5.74) is 3.94. The molecule has 1 amide bonds. The molecule has 0 aromatic heterocycles. The average Bonchev–Trinajstić information content (AvgIpc) is 3.08. The van der Waals surface area contributed by atoms with Crippen molar-refractivity contribution >= 4 is 27.4 Å². The number of anilines is 1. The van der Waals surface area contributed by atoms with Crippen LogP contribution in [0.15, 0.2) is 42.5 Å². The number of sulfone groups is 1. The van der Waals surface area contributed by atoms with Crippen molar-refractivity contribution in [2.24, 2.45) is 0 Å². The second-order valence-electron chi connectivity index (χ2n) is 7.14. The molecule has 7 heteroatoms. The molecule has 3 rings (SSSR count). The third-order valence-corrected chi connectivity index (χ3v) is 5.47. The highest BCUT2D eigenvalue weighted by atomic mass is 32.2. The number of carbonyl (C=O) groups excluding carboxylic acids is 2. The third-order valence-electron chi connectivity index (χ3n) is 4.61. The van der Waals surface area contributed by atoms with Crippen LogP contribution >= 0.6 is 0 Å². The van der Waals surface area contributed by atoms with Crippen LogP contribution in [0, 0.1) is 0 Å². The Balaban J connectivity index is 1.62. The lowest BCUT2D eigenvalue weighted by atomic mass is 10.1. The van der Waals surface area contributed by atoms with Crippen LogP contribution in [0.1, 0.15) is 40.4 Å². The number of amides is 1. The molecular formula is C21H23NO5S. The number of esters is 1. The summed E-state index contributed by atoms with van der Waals surface area (Å²) in [5.74, 6) is -1.26. The van der Waals surface area contributed by atoms with E-state index in [1.807, 2.05) is 18.2 Å². The van der Waals surface area contributed by atoms with Crippen molar-refractivity contribution in [1.82, 2.24) is 0 Å². The largest absolute Gasteiger partial charge is 0.449 e. The van der Waals surface area contributed by atoms with Crippen molar-refractivity contribution < 1.29 is 22.7 Å². The minimum Gasteiger partial charge on any atom is -0.449 e. The topological polar surface area (TPSA) is 89.5 Å². The van der Waals surface area contributed by atoms with Gasteiger partial charge in [-0.3, -0.25) is 4.79 Å². The predicted molar refractivity (Wildman–Crippen MR) is 107 cm³/mol. The smallest absolute Gasteiger partial charge is 0.338 e. The summed E-state index contributed by atoms with van der Waals surface area (Å²) in [5, 5.41) is 2.78. The third kappa shape index (κ3) is 5.19. The predicted octanol–water partition coefficient (Wildman–Crippen LogP) is 2.90. The maximum absolute atomic E-state index is 12.4. The number of nitrogens with one attached hydrogen (secondary N) is 1. The van der Waals surface area contributed by atoms with E-state index in [4.69, 9.17) is 4.74 Å². The van der Waals surface area contributed by atoms with E-state index in [-0.39, 0.29) is 11.3 Å². The van der Waals surface area contributed by atoms with Gasteiger partial charge in [0.15, 0.2) is 15.9 Å². The minimum atomic E-state index is -3.21. The molecule has 1 aliphatic rings. The fourth-order valence-corrected chi connectivity index (χ4v) is 4.05. The first-order valence-electron chi connectivity index (χ1n) is 9.11. The Morgan fingerprint density at radius 2 is 1.86 bits per heavy atom. The van der Waals surface area contributed by atoms with Crippen molar-refractivity contribution in [3.05, 3.63) is 64.7 Å². The zero-order valence-corrected chi connectivity index (χ0v) is 16.7. The molecule has 2 aromatic rings. The molecule has 0 saturated heterocycles. The van der Waals surface area contributed by atoms with Gasteiger partial charge in [-0.25, -0.2) is 13.2 Å². The first-order chi connectivity index (χ1) is 13.2. The summed E-state index contributed by atoms with van der Waals surface area (Å²) in [4.78, 5) is 24.7. The molecule has 0 radical (unpaired) electrons. The van der Waals surface area contributed by atoms with Gasteiger partial charge in [0.2, 0.25) is 0 Å². The molecule has 1 aliphatic carbocycles. The van der Waals surface area contributed by atoms with Crippen molar-refractivity contribution in [2.75, 3.05) is 11.6 Å². The van der Waals surface area contributed by atoms with E-state index < -0.39 is 27.8 Å². The molecule has 6 nitrogen and oxygen atoms in total. The Kier molecular flexibility index (Phi) is 5.84. The van der Waals surface area contributed by atoms with E-state index >= 15 is 0 Å². The summed E-state index contributed by atoms with van der Waals surface area (Å²) in [6.07, 6.45) is 3.34. The lowest BCUT2D eigenvalue weighted by Gasteiger charge is -2.14. The molecule has 0 unspecified atom stereocenters.